The zero-order valence-corrected chi connectivity index (χ0v) is 6.26. The van der Waals surface area contributed by atoms with Crippen LogP contribution < -0.4 is 5.90 Å². The summed E-state index contributed by atoms with van der Waals surface area (Å²) in [5.74, 6) is 4.84. The lowest BCUT2D eigenvalue weighted by molar-refractivity contribution is 0.127. The molecule has 3 heteroatoms. The molecule has 0 aliphatic carbocycles. The van der Waals surface area contributed by atoms with E-state index in [0.717, 1.165) is 19.5 Å². The average Bonchev–Trinajstić information content (AvgIpc) is 1.89. The van der Waals surface area contributed by atoms with E-state index in [1.807, 2.05) is 0 Å². The number of hydrogen-bond donors (Lipinski definition) is 1. The number of nitrogens with two attached hydrogens (primary N) is 1. The highest BCUT2D eigenvalue weighted by atomic mass is 16.6. The van der Waals surface area contributed by atoms with E-state index in [2.05, 4.69) is 23.7 Å². The van der Waals surface area contributed by atoms with Gasteiger partial charge < -0.3 is 9.74 Å². The van der Waals surface area contributed by atoms with Crippen molar-refractivity contribution in [1.82, 2.24) is 4.90 Å². The summed E-state index contributed by atoms with van der Waals surface area (Å²) in [6.45, 7) is 4.94. The Hall–Kier alpha value is -0.120. The van der Waals surface area contributed by atoms with Crippen molar-refractivity contribution < 1.29 is 4.84 Å². The van der Waals surface area contributed by atoms with Gasteiger partial charge in [0.05, 0.1) is 6.61 Å². The van der Waals surface area contributed by atoms with Gasteiger partial charge in [-0.1, -0.05) is 6.92 Å². The highest BCUT2D eigenvalue weighted by Gasteiger charge is 1.91. The molecule has 0 unspecified atom stereocenters. The summed E-state index contributed by atoms with van der Waals surface area (Å²) < 4.78 is 0. The molecule has 0 aromatic carbocycles. The molecule has 9 heavy (non-hydrogen) atoms. The van der Waals surface area contributed by atoms with E-state index in [0.29, 0.717) is 6.61 Å². The third-order valence-electron chi connectivity index (χ3n) is 1.34. The van der Waals surface area contributed by atoms with Gasteiger partial charge in [0.2, 0.25) is 0 Å². The molecule has 2 N–H and O–H groups in total. The quantitative estimate of drug-likeness (QED) is 0.429. The molecule has 56 valence electrons. The van der Waals surface area contributed by atoms with Crippen molar-refractivity contribution in [2.24, 2.45) is 5.90 Å². The number of nitrogens with zero attached hydrogens (tertiary/aromatic N) is 1. The summed E-state index contributed by atoms with van der Waals surface area (Å²) >= 11 is 0. The molecule has 0 fully saturated rings. The fraction of sp³-hybridized carbons (Fsp3) is 1.00. The Kier molecular flexibility index (Phi) is 5.93. The topological polar surface area (TPSA) is 38.5 Å². The fourth-order valence-electron chi connectivity index (χ4n) is 0.576. The molecular formula is C6H16N2O. The third kappa shape index (κ3) is 5.76. The summed E-state index contributed by atoms with van der Waals surface area (Å²) in [6.07, 6.45) is 1.01. The van der Waals surface area contributed by atoms with E-state index in [1.165, 1.54) is 0 Å². The van der Waals surface area contributed by atoms with Crippen LogP contribution in [0.2, 0.25) is 0 Å². The van der Waals surface area contributed by atoms with Gasteiger partial charge >= 0.3 is 0 Å². The van der Waals surface area contributed by atoms with E-state index >= 15 is 0 Å². The molecule has 0 spiro atoms. The van der Waals surface area contributed by atoms with Crippen molar-refractivity contribution in [3.05, 3.63) is 0 Å². The van der Waals surface area contributed by atoms with Crippen LogP contribution in [-0.4, -0.2) is 31.6 Å². The number of hydrogen-bond acceptors (Lipinski definition) is 3. The molecule has 0 atom stereocenters. The first-order valence-corrected chi connectivity index (χ1v) is 3.31. The summed E-state index contributed by atoms with van der Waals surface area (Å²) in [6, 6.07) is 0. The summed E-state index contributed by atoms with van der Waals surface area (Å²) in [4.78, 5) is 6.63. The van der Waals surface area contributed by atoms with Crippen LogP contribution in [0, 0.1) is 0 Å². The standard InChI is InChI=1S/C6H16N2O/c1-3-8(2)5-4-6-9-7/h3-7H2,1-2H3. The minimum atomic E-state index is 0.657. The maximum absolute atomic E-state index is 4.84. The highest BCUT2D eigenvalue weighted by Crippen LogP contribution is 1.84. The Morgan fingerprint density at radius 3 is 2.67 bits per heavy atom. The lowest BCUT2D eigenvalue weighted by Gasteiger charge is -2.11. The molecular weight excluding hydrogens is 116 g/mol. The molecule has 0 aromatic heterocycles. The van der Waals surface area contributed by atoms with Crippen molar-refractivity contribution in [3.63, 3.8) is 0 Å². The lowest BCUT2D eigenvalue weighted by Crippen LogP contribution is -2.20. The normalized spacial score (nSPS) is 10.7. The fourth-order valence-corrected chi connectivity index (χ4v) is 0.576. The van der Waals surface area contributed by atoms with E-state index < -0.39 is 0 Å². The van der Waals surface area contributed by atoms with Gasteiger partial charge in [0.1, 0.15) is 0 Å². The minimum Gasteiger partial charge on any atom is -0.307 e. The second-order valence-electron chi connectivity index (χ2n) is 2.12. The molecule has 3 nitrogen and oxygen atoms in total. The minimum absolute atomic E-state index is 0.657. The van der Waals surface area contributed by atoms with Crippen LogP contribution in [-0.2, 0) is 4.84 Å². The zero-order valence-electron chi connectivity index (χ0n) is 6.26. The monoisotopic (exact) mass is 132 g/mol. The van der Waals surface area contributed by atoms with Crippen molar-refractivity contribution >= 4 is 0 Å². The van der Waals surface area contributed by atoms with E-state index in [1.54, 1.807) is 0 Å². The first-order chi connectivity index (χ1) is 4.31. The maximum Gasteiger partial charge on any atom is 0.0691 e. The van der Waals surface area contributed by atoms with E-state index in [4.69, 9.17) is 5.90 Å². The van der Waals surface area contributed by atoms with Crippen molar-refractivity contribution in [3.8, 4) is 0 Å². The summed E-state index contributed by atoms with van der Waals surface area (Å²) in [5.41, 5.74) is 0. The van der Waals surface area contributed by atoms with Gasteiger partial charge in [0.25, 0.3) is 0 Å². The van der Waals surface area contributed by atoms with Gasteiger partial charge in [-0.05, 0) is 20.0 Å². The summed E-state index contributed by atoms with van der Waals surface area (Å²) in [7, 11) is 2.08. The highest BCUT2D eigenvalue weighted by molar-refractivity contribution is 4.45. The van der Waals surface area contributed by atoms with Gasteiger partial charge in [-0.15, -0.1) is 0 Å². The molecule has 0 rings (SSSR count). The van der Waals surface area contributed by atoms with Gasteiger partial charge in [0.15, 0.2) is 0 Å². The molecule has 0 saturated carbocycles. The van der Waals surface area contributed by atoms with Gasteiger partial charge in [-0.2, -0.15) is 0 Å². The predicted octanol–water partition coefficient (Wildman–Crippen LogP) is 0.219. The van der Waals surface area contributed by atoms with Crippen molar-refractivity contribution in [2.45, 2.75) is 13.3 Å². The molecule has 0 radical (unpaired) electrons. The second kappa shape index (κ2) is 6.01. The smallest absolute Gasteiger partial charge is 0.0691 e. The molecule has 0 bridgehead atoms. The van der Waals surface area contributed by atoms with Crippen LogP contribution in [0.4, 0.5) is 0 Å². The molecule has 0 saturated heterocycles. The Labute approximate surface area is 56.7 Å². The lowest BCUT2D eigenvalue weighted by atomic mass is 10.4. The Morgan fingerprint density at radius 1 is 1.56 bits per heavy atom. The molecule has 0 aliphatic heterocycles. The maximum atomic E-state index is 4.84. The SMILES string of the molecule is CCN(C)CCCON. The van der Waals surface area contributed by atoms with Crippen molar-refractivity contribution in [1.29, 1.82) is 0 Å². The third-order valence-corrected chi connectivity index (χ3v) is 1.34. The van der Waals surface area contributed by atoms with Crippen LogP contribution in [0.1, 0.15) is 13.3 Å². The van der Waals surface area contributed by atoms with Crippen molar-refractivity contribution in [2.75, 3.05) is 26.7 Å². The van der Waals surface area contributed by atoms with Crippen LogP contribution in [0.5, 0.6) is 0 Å². The van der Waals surface area contributed by atoms with Crippen LogP contribution >= 0.6 is 0 Å². The number of rotatable bonds is 5. The van der Waals surface area contributed by atoms with Crippen LogP contribution in [0.3, 0.4) is 0 Å². The predicted molar refractivity (Wildman–Crippen MR) is 37.9 cm³/mol. The Balaban J connectivity index is 2.88. The van der Waals surface area contributed by atoms with E-state index in [9.17, 15) is 0 Å². The van der Waals surface area contributed by atoms with Gasteiger partial charge in [-0.25, -0.2) is 5.90 Å². The molecule has 0 aromatic rings. The first-order valence-electron chi connectivity index (χ1n) is 3.31. The van der Waals surface area contributed by atoms with E-state index in [-0.39, 0.29) is 0 Å². The molecule has 0 aliphatic rings. The average molecular weight is 132 g/mol. The summed E-state index contributed by atoms with van der Waals surface area (Å²) in [5, 5.41) is 0. The second-order valence-corrected chi connectivity index (χ2v) is 2.12. The molecule has 0 amide bonds. The Morgan fingerprint density at radius 2 is 2.22 bits per heavy atom. The Bertz CT molecular complexity index is 59.0. The molecule has 0 heterocycles. The largest absolute Gasteiger partial charge is 0.307 e. The van der Waals surface area contributed by atoms with Gasteiger partial charge in [0, 0.05) is 6.54 Å². The first kappa shape index (κ1) is 8.88. The zero-order chi connectivity index (χ0) is 7.11. The van der Waals surface area contributed by atoms with Gasteiger partial charge in [-0.3, -0.25) is 0 Å². The van der Waals surface area contributed by atoms with Crippen LogP contribution in [0.15, 0.2) is 0 Å². The van der Waals surface area contributed by atoms with Crippen LogP contribution in [0.25, 0.3) is 0 Å².